The zero-order valence-corrected chi connectivity index (χ0v) is 9.21. The fourth-order valence-electron chi connectivity index (χ4n) is 2.50. The van der Waals surface area contributed by atoms with Gasteiger partial charge >= 0.3 is 0 Å². The van der Waals surface area contributed by atoms with E-state index in [4.69, 9.17) is 13.6 Å². The standard InChI is InChI=1S/C13H18BN/c14-13-9-12(15)8-7-11(13)6-5-10-3-1-2-4-10/h7-10H,1-6,15H2. The van der Waals surface area contributed by atoms with Crippen molar-refractivity contribution in [3.05, 3.63) is 23.8 Å². The lowest BCUT2D eigenvalue weighted by atomic mass is 9.86. The van der Waals surface area contributed by atoms with E-state index in [0.717, 1.165) is 23.5 Å². The molecule has 2 radical (unpaired) electrons. The van der Waals surface area contributed by atoms with Gasteiger partial charge in [-0.05, 0) is 30.9 Å². The Morgan fingerprint density at radius 2 is 2.00 bits per heavy atom. The summed E-state index contributed by atoms with van der Waals surface area (Å²) in [5.74, 6) is 0.932. The smallest absolute Gasteiger partial charge is 0.114 e. The van der Waals surface area contributed by atoms with E-state index in [1.165, 1.54) is 37.7 Å². The van der Waals surface area contributed by atoms with Gasteiger partial charge in [-0.2, -0.15) is 0 Å². The molecule has 1 aliphatic carbocycles. The van der Waals surface area contributed by atoms with E-state index >= 15 is 0 Å². The van der Waals surface area contributed by atoms with Gasteiger partial charge in [-0.1, -0.05) is 42.8 Å². The molecular weight excluding hydrogens is 181 g/mol. The van der Waals surface area contributed by atoms with E-state index in [1.54, 1.807) is 0 Å². The fourth-order valence-corrected chi connectivity index (χ4v) is 2.50. The van der Waals surface area contributed by atoms with Crippen LogP contribution in [0.15, 0.2) is 18.2 Å². The van der Waals surface area contributed by atoms with Crippen LogP contribution in [0.1, 0.15) is 37.7 Å². The molecule has 0 amide bonds. The second kappa shape index (κ2) is 4.74. The third kappa shape index (κ3) is 2.77. The highest BCUT2D eigenvalue weighted by Crippen LogP contribution is 2.28. The van der Waals surface area contributed by atoms with E-state index < -0.39 is 0 Å². The van der Waals surface area contributed by atoms with Gasteiger partial charge in [-0.3, -0.25) is 0 Å². The lowest BCUT2D eigenvalue weighted by Gasteiger charge is -2.11. The number of nitrogens with two attached hydrogens (primary N) is 1. The quantitative estimate of drug-likeness (QED) is 0.586. The minimum atomic E-state index is 0.761. The number of hydrogen-bond donors (Lipinski definition) is 1. The van der Waals surface area contributed by atoms with Crippen molar-refractivity contribution < 1.29 is 0 Å². The normalized spacial score (nSPS) is 17.1. The molecule has 78 valence electrons. The van der Waals surface area contributed by atoms with Crippen LogP contribution in [0, 0.1) is 5.92 Å². The van der Waals surface area contributed by atoms with Gasteiger partial charge in [0.2, 0.25) is 0 Å². The second-order valence-corrected chi connectivity index (χ2v) is 4.65. The molecule has 2 heteroatoms. The Bertz CT molecular complexity index is 329. The summed E-state index contributed by atoms with van der Waals surface area (Å²) in [4.78, 5) is 0. The Kier molecular flexibility index (Phi) is 3.35. The Labute approximate surface area is 93.5 Å². The maximum Gasteiger partial charge on any atom is 0.114 e. The van der Waals surface area contributed by atoms with Crippen LogP contribution < -0.4 is 11.2 Å². The highest BCUT2D eigenvalue weighted by molar-refractivity contribution is 6.33. The molecule has 2 N–H and O–H groups in total. The van der Waals surface area contributed by atoms with Crippen molar-refractivity contribution in [2.45, 2.75) is 38.5 Å². The minimum Gasteiger partial charge on any atom is -0.399 e. The summed E-state index contributed by atoms with van der Waals surface area (Å²) in [5.41, 5.74) is 8.54. The molecule has 0 spiro atoms. The van der Waals surface area contributed by atoms with Gasteiger partial charge in [0.05, 0.1) is 0 Å². The Morgan fingerprint density at radius 3 is 2.67 bits per heavy atom. The van der Waals surface area contributed by atoms with Crippen molar-refractivity contribution in [1.29, 1.82) is 0 Å². The molecule has 0 aliphatic heterocycles. The molecule has 0 saturated heterocycles. The van der Waals surface area contributed by atoms with E-state index in [2.05, 4.69) is 6.07 Å². The molecule has 1 aromatic rings. The predicted octanol–water partition coefficient (Wildman–Crippen LogP) is 2.19. The van der Waals surface area contributed by atoms with Gasteiger partial charge in [-0.15, -0.1) is 0 Å². The molecule has 1 saturated carbocycles. The van der Waals surface area contributed by atoms with Crippen molar-refractivity contribution in [3.63, 3.8) is 0 Å². The first kappa shape index (κ1) is 10.6. The highest BCUT2D eigenvalue weighted by atomic mass is 14.5. The summed E-state index contributed by atoms with van der Waals surface area (Å²) in [7, 11) is 5.93. The molecule has 0 aromatic heterocycles. The van der Waals surface area contributed by atoms with Gasteiger partial charge in [0, 0.05) is 5.69 Å². The van der Waals surface area contributed by atoms with Gasteiger partial charge in [0.25, 0.3) is 0 Å². The average molecular weight is 199 g/mol. The van der Waals surface area contributed by atoms with E-state index in [-0.39, 0.29) is 0 Å². The Balaban J connectivity index is 1.92. The molecule has 15 heavy (non-hydrogen) atoms. The van der Waals surface area contributed by atoms with Crippen LogP contribution in [0.25, 0.3) is 0 Å². The lowest BCUT2D eigenvalue weighted by Crippen LogP contribution is -2.12. The van der Waals surface area contributed by atoms with Crippen LogP contribution >= 0.6 is 0 Å². The first-order valence-corrected chi connectivity index (χ1v) is 5.89. The number of anilines is 1. The number of benzene rings is 1. The third-order valence-corrected chi connectivity index (χ3v) is 3.47. The highest BCUT2D eigenvalue weighted by Gasteiger charge is 2.14. The molecule has 1 fully saturated rings. The van der Waals surface area contributed by atoms with Gasteiger partial charge in [-0.25, -0.2) is 0 Å². The SMILES string of the molecule is [B]c1cc(N)ccc1CCC1CCCC1. The molecule has 2 rings (SSSR count). The van der Waals surface area contributed by atoms with Gasteiger partial charge < -0.3 is 5.73 Å². The monoisotopic (exact) mass is 199 g/mol. The van der Waals surface area contributed by atoms with Crippen LogP contribution in [0.5, 0.6) is 0 Å². The first-order chi connectivity index (χ1) is 7.25. The Morgan fingerprint density at radius 1 is 1.27 bits per heavy atom. The number of hydrogen-bond acceptors (Lipinski definition) is 1. The predicted molar refractivity (Wildman–Crippen MR) is 66.5 cm³/mol. The molecule has 1 aromatic carbocycles. The van der Waals surface area contributed by atoms with Crippen LogP contribution in [0.4, 0.5) is 5.69 Å². The number of nitrogen functional groups attached to an aromatic ring is 1. The largest absolute Gasteiger partial charge is 0.399 e. The molecule has 0 heterocycles. The maximum absolute atomic E-state index is 5.93. The third-order valence-electron chi connectivity index (χ3n) is 3.47. The van der Waals surface area contributed by atoms with Crippen molar-refractivity contribution in [2.24, 2.45) is 5.92 Å². The van der Waals surface area contributed by atoms with Crippen molar-refractivity contribution in [2.75, 3.05) is 5.73 Å². The van der Waals surface area contributed by atoms with Gasteiger partial charge in [0.1, 0.15) is 7.85 Å². The summed E-state index contributed by atoms with van der Waals surface area (Å²) >= 11 is 0. The summed E-state index contributed by atoms with van der Waals surface area (Å²) in [5, 5.41) is 0. The van der Waals surface area contributed by atoms with Crippen LogP contribution in [-0.4, -0.2) is 7.85 Å². The molecule has 0 bridgehead atoms. The van der Waals surface area contributed by atoms with Crippen molar-refractivity contribution in [1.82, 2.24) is 0 Å². The molecule has 1 nitrogen and oxygen atoms in total. The maximum atomic E-state index is 5.93. The van der Waals surface area contributed by atoms with E-state index in [1.807, 2.05) is 12.1 Å². The zero-order chi connectivity index (χ0) is 10.7. The average Bonchev–Trinajstić information content (AvgIpc) is 2.69. The number of aryl methyl sites for hydroxylation is 1. The van der Waals surface area contributed by atoms with Crippen LogP contribution in [0.2, 0.25) is 0 Å². The zero-order valence-electron chi connectivity index (χ0n) is 9.21. The lowest BCUT2D eigenvalue weighted by molar-refractivity contribution is 0.504. The number of rotatable bonds is 3. The van der Waals surface area contributed by atoms with Gasteiger partial charge in [0.15, 0.2) is 0 Å². The van der Waals surface area contributed by atoms with Crippen LogP contribution in [0.3, 0.4) is 0 Å². The van der Waals surface area contributed by atoms with Crippen molar-refractivity contribution >= 4 is 19.0 Å². The summed E-state index contributed by atoms with van der Waals surface area (Å²) in [6.07, 6.45) is 8.05. The van der Waals surface area contributed by atoms with Crippen molar-refractivity contribution in [3.8, 4) is 0 Å². The van der Waals surface area contributed by atoms with Crippen LogP contribution in [-0.2, 0) is 6.42 Å². The fraction of sp³-hybridized carbons (Fsp3) is 0.538. The molecule has 0 unspecified atom stereocenters. The topological polar surface area (TPSA) is 26.0 Å². The Hall–Kier alpha value is -0.915. The molecular formula is C13H18BN. The molecule has 0 atom stereocenters. The molecule has 1 aliphatic rings. The summed E-state index contributed by atoms with van der Waals surface area (Å²) in [6.45, 7) is 0. The summed E-state index contributed by atoms with van der Waals surface area (Å²) in [6, 6.07) is 5.88. The second-order valence-electron chi connectivity index (χ2n) is 4.65. The minimum absolute atomic E-state index is 0.761. The summed E-state index contributed by atoms with van der Waals surface area (Å²) < 4.78 is 0. The van der Waals surface area contributed by atoms with E-state index in [9.17, 15) is 0 Å². The first-order valence-electron chi connectivity index (χ1n) is 5.89. The van der Waals surface area contributed by atoms with E-state index in [0.29, 0.717) is 0 Å².